The van der Waals surface area contributed by atoms with Crippen molar-refractivity contribution in [3.05, 3.63) is 29.2 Å². The monoisotopic (exact) mass is 373 g/mol. The fraction of sp³-hybridized carbons (Fsp3) is 0.438. The second-order valence-electron chi connectivity index (χ2n) is 6.16. The molecule has 0 saturated carbocycles. The Kier molecular flexibility index (Phi) is 4.90. The third-order valence-electron chi connectivity index (χ3n) is 4.54. The summed E-state index contributed by atoms with van der Waals surface area (Å²) in [5.74, 6) is 0.0273. The molecule has 0 radical (unpaired) electrons. The fourth-order valence-corrected chi connectivity index (χ4v) is 3.90. The lowest BCUT2D eigenvalue weighted by molar-refractivity contribution is -0.136. The van der Waals surface area contributed by atoms with Crippen LogP contribution in [0.25, 0.3) is 0 Å². The van der Waals surface area contributed by atoms with Gasteiger partial charge < -0.3 is 10.2 Å². The fourth-order valence-electron chi connectivity index (χ4n) is 3.16. The van der Waals surface area contributed by atoms with Crippen LogP contribution in [0.5, 0.6) is 0 Å². The molecule has 1 aliphatic heterocycles. The number of likely N-dealkylation sites (tertiary alicyclic amines) is 1. The highest BCUT2D eigenvalue weighted by molar-refractivity contribution is 7.10. The number of carbonyl (C=O) groups is 2. The number of amides is 3. The second-order valence-corrected chi connectivity index (χ2v) is 6.93. The summed E-state index contributed by atoms with van der Waals surface area (Å²) < 4.78 is 5.79. The third-order valence-corrected chi connectivity index (χ3v) is 5.39. The van der Waals surface area contributed by atoms with Gasteiger partial charge in [-0.25, -0.2) is 4.79 Å². The van der Waals surface area contributed by atoms with Gasteiger partial charge in [-0.05, 0) is 30.9 Å². The van der Waals surface area contributed by atoms with Crippen LogP contribution in [0.3, 0.4) is 0 Å². The van der Waals surface area contributed by atoms with Crippen molar-refractivity contribution in [3.63, 3.8) is 0 Å². The molecular formula is C16H19N7O2S. The predicted molar refractivity (Wildman–Crippen MR) is 95.5 cm³/mol. The molecule has 0 bridgehead atoms. The van der Waals surface area contributed by atoms with Crippen molar-refractivity contribution in [2.75, 3.05) is 12.4 Å². The molecule has 2 aromatic rings. The van der Waals surface area contributed by atoms with E-state index in [1.807, 2.05) is 12.1 Å². The van der Waals surface area contributed by atoms with E-state index in [0.717, 1.165) is 17.2 Å². The molecule has 9 nitrogen and oxygen atoms in total. The molecule has 3 rings (SSSR count). The molecule has 26 heavy (non-hydrogen) atoms. The van der Waals surface area contributed by atoms with Crippen molar-refractivity contribution >= 4 is 28.5 Å². The number of likely N-dealkylation sites (N-methyl/N-ethyl adjacent to an activating group) is 1. The summed E-state index contributed by atoms with van der Waals surface area (Å²) in [7, 11) is 3.53. The van der Waals surface area contributed by atoms with Gasteiger partial charge in [0.1, 0.15) is 16.6 Å². The first kappa shape index (κ1) is 17.9. The molecule has 0 aliphatic carbocycles. The van der Waals surface area contributed by atoms with E-state index in [1.165, 1.54) is 0 Å². The summed E-state index contributed by atoms with van der Waals surface area (Å²) >= 11 is 1.07. The van der Waals surface area contributed by atoms with Crippen molar-refractivity contribution in [1.82, 2.24) is 24.4 Å². The van der Waals surface area contributed by atoms with E-state index < -0.39 is 6.03 Å². The van der Waals surface area contributed by atoms with Crippen LogP contribution in [-0.2, 0) is 11.8 Å². The van der Waals surface area contributed by atoms with Gasteiger partial charge in [0, 0.05) is 26.7 Å². The molecule has 1 aliphatic rings. The van der Waals surface area contributed by atoms with Crippen molar-refractivity contribution in [3.8, 4) is 6.07 Å². The minimum absolute atomic E-state index is 0.0273. The van der Waals surface area contributed by atoms with Gasteiger partial charge in [0.2, 0.25) is 5.91 Å². The summed E-state index contributed by atoms with van der Waals surface area (Å²) in [6, 6.07) is 2.88. The Morgan fingerprint density at radius 1 is 1.46 bits per heavy atom. The SMILES string of the molecule is Cc1nsc(NC(=O)N[C@@H]2CCC(=O)N(C)[C@H]2c2ccnn2C)c1C#N. The molecule has 2 aromatic heterocycles. The Bertz CT molecular complexity index is 882. The van der Waals surface area contributed by atoms with Gasteiger partial charge in [0.15, 0.2) is 0 Å². The molecule has 0 unspecified atom stereocenters. The zero-order valence-corrected chi connectivity index (χ0v) is 15.5. The number of nitrogens with zero attached hydrogens (tertiary/aromatic N) is 5. The van der Waals surface area contributed by atoms with Crippen molar-refractivity contribution < 1.29 is 9.59 Å². The number of nitriles is 1. The quantitative estimate of drug-likeness (QED) is 0.846. The normalized spacial score (nSPS) is 19.9. The van der Waals surface area contributed by atoms with E-state index in [2.05, 4.69) is 20.1 Å². The lowest BCUT2D eigenvalue weighted by atomic mass is 9.93. The Hall–Kier alpha value is -2.93. The number of hydrogen-bond acceptors (Lipinski definition) is 6. The van der Waals surface area contributed by atoms with Crippen LogP contribution in [0.1, 0.15) is 35.8 Å². The topological polar surface area (TPSA) is 116 Å². The average Bonchev–Trinajstić information content (AvgIpc) is 3.17. The Morgan fingerprint density at radius 3 is 2.88 bits per heavy atom. The van der Waals surface area contributed by atoms with Crippen LogP contribution in [0.2, 0.25) is 0 Å². The Balaban J connectivity index is 1.78. The maximum Gasteiger partial charge on any atom is 0.320 e. The largest absolute Gasteiger partial charge is 0.335 e. The van der Waals surface area contributed by atoms with E-state index in [1.54, 1.807) is 36.8 Å². The number of urea groups is 1. The Morgan fingerprint density at radius 2 is 2.23 bits per heavy atom. The smallest absolute Gasteiger partial charge is 0.320 e. The zero-order valence-electron chi connectivity index (χ0n) is 14.7. The van der Waals surface area contributed by atoms with Crippen LogP contribution in [-0.4, -0.2) is 44.1 Å². The van der Waals surface area contributed by atoms with Gasteiger partial charge in [-0.1, -0.05) is 0 Å². The van der Waals surface area contributed by atoms with Crippen LogP contribution >= 0.6 is 11.5 Å². The second kappa shape index (κ2) is 7.13. The summed E-state index contributed by atoms with van der Waals surface area (Å²) in [5.41, 5.74) is 1.80. The van der Waals surface area contributed by atoms with E-state index in [0.29, 0.717) is 29.1 Å². The molecule has 3 heterocycles. The van der Waals surface area contributed by atoms with Gasteiger partial charge in [-0.2, -0.15) is 14.7 Å². The summed E-state index contributed by atoms with van der Waals surface area (Å²) in [5, 5.41) is 19.4. The molecule has 3 amide bonds. The highest BCUT2D eigenvalue weighted by atomic mass is 32.1. The molecule has 2 N–H and O–H groups in total. The zero-order chi connectivity index (χ0) is 18.8. The van der Waals surface area contributed by atoms with E-state index in [9.17, 15) is 14.9 Å². The van der Waals surface area contributed by atoms with Crippen molar-refractivity contribution in [2.24, 2.45) is 7.05 Å². The maximum absolute atomic E-state index is 12.5. The highest BCUT2D eigenvalue weighted by Crippen LogP contribution is 2.31. The van der Waals surface area contributed by atoms with Gasteiger partial charge in [-0.3, -0.25) is 14.8 Å². The maximum atomic E-state index is 12.5. The van der Waals surface area contributed by atoms with Crippen LogP contribution in [0.4, 0.5) is 9.80 Å². The third kappa shape index (κ3) is 3.25. The first-order valence-corrected chi connectivity index (χ1v) is 8.87. The summed E-state index contributed by atoms with van der Waals surface area (Å²) in [4.78, 5) is 26.3. The van der Waals surface area contributed by atoms with Gasteiger partial charge in [-0.15, -0.1) is 0 Å². The first-order chi connectivity index (χ1) is 12.4. The standard InChI is InChI=1S/C16H19N7O2S/c1-9-10(8-17)15(26-21-9)20-16(25)19-11-4-5-13(24)22(2)14(11)12-6-7-18-23(12)3/h6-7,11,14H,4-5H2,1-3H3,(H2,19,20,25)/t11-,14-/m1/s1. The van der Waals surface area contributed by atoms with E-state index in [4.69, 9.17) is 0 Å². The van der Waals surface area contributed by atoms with Crippen molar-refractivity contribution in [1.29, 1.82) is 5.26 Å². The van der Waals surface area contributed by atoms with Crippen LogP contribution in [0, 0.1) is 18.3 Å². The highest BCUT2D eigenvalue weighted by Gasteiger charge is 2.37. The molecule has 0 aromatic carbocycles. The number of nitrogens with one attached hydrogen (secondary N) is 2. The number of carbonyl (C=O) groups excluding carboxylic acids is 2. The molecule has 136 valence electrons. The number of aromatic nitrogens is 3. The lowest BCUT2D eigenvalue weighted by Gasteiger charge is -2.39. The summed E-state index contributed by atoms with van der Waals surface area (Å²) in [6.45, 7) is 1.72. The van der Waals surface area contributed by atoms with Gasteiger partial charge in [0.05, 0.1) is 23.5 Å². The number of piperidine rings is 1. The predicted octanol–water partition coefficient (Wildman–Crippen LogP) is 1.54. The molecule has 10 heteroatoms. The molecule has 1 saturated heterocycles. The number of aryl methyl sites for hydroxylation is 2. The number of anilines is 1. The van der Waals surface area contributed by atoms with Crippen molar-refractivity contribution in [2.45, 2.75) is 31.8 Å². The van der Waals surface area contributed by atoms with Crippen LogP contribution in [0.15, 0.2) is 12.3 Å². The van der Waals surface area contributed by atoms with E-state index >= 15 is 0 Å². The average molecular weight is 373 g/mol. The first-order valence-electron chi connectivity index (χ1n) is 8.09. The minimum atomic E-state index is -0.426. The molecule has 1 fully saturated rings. The number of rotatable bonds is 3. The van der Waals surface area contributed by atoms with Crippen LogP contribution < -0.4 is 10.6 Å². The molecule has 2 atom stereocenters. The molecular weight excluding hydrogens is 354 g/mol. The van der Waals surface area contributed by atoms with Gasteiger partial charge >= 0.3 is 6.03 Å². The number of hydrogen-bond donors (Lipinski definition) is 2. The summed E-state index contributed by atoms with van der Waals surface area (Å²) in [6.07, 6.45) is 2.55. The Labute approximate surface area is 154 Å². The molecule has 0 spiro atoms. The lowest BCUT2D eigenvalue weighted by Crippen LogP contribution is -2.52. The van der Waals surface area contributed by atoms with Gasteiger partial charge in [0.25, 0.3) is 0 Å². The minimum Gasteiger partial charge on any atom is -0.335 e. The van der Waals surface area contributed by atoms with E-state index in [-0.39, 0.29) is 18.0 Å².